The van der Waals surface area contributed by atoms with E-state index in [4.69, 9.17) is 19.6 Å². The number of thiazole rings is 1. The number of para-hydroxylation sites is 1. The van der Waals surface area contributed by atoms with Crippen LogP contribution in [-0.4, -0.2) is 44.1 Å². The Bertz CT molecular complexity index is 1500. The molecule has 7 nitrogen and oxygen atoms in total. The van der Waals surface area contributed by atoms with Crippen LogP contribution in [0.5, 0.6) is 11.5 Å². The number of nitrogens with zero attached hydrogens (tertiary/aromatic N) is 4. The van der Waals surface area contributed by atoms with E-state index in [1.807, 2.05) is 66.0 Å². The minimum atomic E-state index is -0.155. The lowest BCUT2D eigenvalue weighted by atomic mass is 10.1. The molecule has 0 saturated carbocycles. The van der Waals surface area contributed by atoms with Crippen LogP contribution in [0.1, 0.15) is 11.1 Å². The predicted octanol–water partition coefficient (Wildman–Crippen LogP) is 4.61. The monoisotopic (exact) mass is 498 g/mol. The van der Waals surface area contributed by atoms with Gasteiger partial charge in [0.1, 0.15) is 11.5 Å². The first kappa shape index (κ1) is 23.6. The summed E-state index contributed by atoms with van der Waals surface area (Å²) in [5.41, 5.74) is 4.84. The van der Waals surface area contributed by atoms with Crippen molar-refractivity contribution >= 4 is 28.6 Å². The molecule has 0 saturated heterocycles. The van der Waals surface area contributed by atoms with Crippen molar-refractivity contribution in [2.45, 2.75) is 6.42 Å². The number of carbonyl (C=O) groups is 1. The quantitative estimate of drug-likeness (QED) is 0.374. The number of ether oxygens (including phenoxy) is 2. The normalized spacial score (nSPS) is 14.4. The molecule has 0 fully saturated rings. The third kappa shape index (κ3) is 4.43. The summed E-state index contributed by atoms with van der Waals surface area (Å²) in [4.78, 5) is 20.4. The van der Waals surface area contributed by atoms with E-state index in [0.29, 0.717) is 28.6 Å². The van der Waals surface area contributed by atoms with Gasteiger partial charge in [0.15, 0.2) is 5.71 Å². The number of anilines is 1. The van der Waals surface area contributed by atoms with Crippen molar-refractivity contribution in [3.05, 3.63) is 94.1 Å². The summed E-state index contributed by atoms with van der Waals surface area (Å²) in [5.74, 6) is 1.18. The Balaban J connectivity index is 1.64. The molecule has 0 atom stereocenters. The highest BCUT2D eigenvalue weighted by Crippen LogP contribution is 2.34. The van der Waals surface area contributed by atoms with Gasteiger partial charge in [-0.05, 0) is 30.2 Å². The van der Waals surface area contributed by atoms with Gasteiger partial charge in [-0.25, -0.2) is 4.68 Å². The van der Waals surface area contributed by atoms with E-state index in [1.165, 1.54) is 16.9 Å². The minimum absolute atomic E-state index is 0.155. The molecule has 1 aromatic heterocycles. The highest BCUT2D eigenvalue weighted by Gasteiger charge is 2.31. The first-order chi connectivity index (χ1) is 17.6. The smallest absolute Gasteiger partial charge is 0.279 e. The van der Waals surface area contributed by atoms with E-state index >= 15 is 0 Å². The zero-order valence-corrected chi connectivity index (χ0v) is 21.2. The number of aromatic nitrogens is 1. The highest BCUT2D eigenvalue weighted by atomic mass is 32.1. The van der Waals surface area contributed by atoms with E-state index in [9.17, 15) is 4.79 Å². The number of methoxy groups -OCH3 is 2. The van der Waals surface area contributed by atoms with Crippen molar-refractivity contribution in [1.82, 2.24) is 4.68 Å². The fraction of sp³-hybridized carbons (Fsp3) is 0.179. The molecule has 1 aliphatic heterocycles. The fourth-order valence-electron chi connectivity index (χ4n) is 4.17. The topological polar surface area (TPSA) is 68.4 Å². The molecule has 8 heteroatoms. The van der Waals surface area contributed by atoms with Crippen LogP contribution in [0.15, 0.2) is 88.3 Å². The molecule has 0 bridgehead atoms. The van der Waals surface area contributed by atoms with Crippen molar-refractivity contribution in [2.75, 3.05) is 32.7 Å². The van der Waals surface area contributed by atoms with Crippen LogP contribution in [-0.2, 0) is 11.2 Å². The average Bonchev–Trinajstić information content (AvgIpc) is 3.43. The van der Waals surface area contributed by atoms with E-state index in [2.05, 4.69) is 12.1 Å². The van der Waals surface area contributed by atoms with Gasteiger partial charge in [0, 0.05) is 36.2 Å². The van der Waals surface area contributed by atoms with E-state index in [0.717, 1.165) is 28.9 Å². The minimum Gasteiger partial charge on any atom is -0.497 e. The molecule has 36 heavy (non-hydrogen) atoms. The summed E-state index contributed by atoms with van der Waals surface area (Å²) in [6, 6.07) is 23.6. The van der Waals surface area contributed by atoms with Gasteiger partial charge in [-0.15, -0.1) is 11.3 Å². The van der Waals surface area contributed by atoms with Gasteiger partial charge in [-0.3, -0.25) is 9.79 Å². The van der Waals surface area contributed by atoms with Gasteiger partial charge < -0.3 is 14.4 Å². The number of rotatable bonds is 7. The first-order valence-corrected chi connectivity index (χ1v) is 12.4. The lowest BCUT2D eigenvalue weighted by molar-refractivity contribution is -0.112. The van der Waals surface area contributed by atoms with Crippen molar-refractivity contribution in [2.24, 2.45) is 10.1 Å². The summed E-state index contributed by atoms with van der Waals surface area (Å²) in [5, 5.41) is 6.87. The fourth-order valence-corrected chi connectivity index (χ4v) is 5.02. The van der Waals surface area contributed by atoms with Gasteiger partial charge >= 0.3 is 0 Å². The van der Waals surface area contributed by atoms with Crippen LogP contribution in [0.3, 0.4) is 0 Å². The molecular weight excluding hydrogens is 472 g/mol. The number of benzene rings is 3. The standard InChI is InChI=1S/C28H26N4O3S/c1-31-23-12-8-7-11-22(23)26(27(31)33)30-32-24(21-14-13-20(34-2)17-25(21)35-3)18-36-28(32)29-16-15-19-9-5-4-6-10-19/h4-14,17-18H,15-16H2,1-3H3. The van der Waals surface area contributed by atoms with Crippen LogP contribution in [0.25, 0.3) is 11.3 Å². The van der Waals surface area contributed by atoms with Crippen LogP contribution in [0.2, 0.25) is 0 Å². The number of hydrogen-bond acceptors (Lipinski definition) is 6. The number of fused-ring (bicyclic) bond motifs is 1. The number of hydrogen-bond donors (Lipinski definition) is 0. The van der Waals surface area contributed by atoms with Crippen LogP contribution >= 0.6 is 11.3 Å². The Kier molecular flexibility index (Phi) is 6.69. The molecule has 0 radical (unpaired) electrons. The van der Waals surface area contributed by atoms with E-state index in [1.54, 1.807) is 30.8 Å². The molecule has 4 aromatic rings. The lowest BCUT2D eigenvalue weighted by Gasteiger charge is -2.11. The summed E-state index contributed by atoms with van der Waals surface area (Å²) >= 11 is 1.48. The molecular formula is C28H26N4O3S. The largest absolute Gasteiger partial charge is 0.497 e. The van der Waals surface area contributed by atoms with Gasteiger partial charge in [-0.2, -0.15) is 5.10 Å². The van der Waals surface area contributed by atoms with Crippen molar-refractivity contribution < 1.29 is 14.3 Å². The number of likely N-dealkylation sites (N-methyl/N-ethyl adjacent to an activating group) is 1. The molecule has 0 spiro atoms. The maximum absolute atomic E-state index is 13.2. The zero-order chi connectivity index (χ0) is 25.1. The Morgan fingerprint density at radius 1 is 0.917 bits per heavy atom. The maximum Gasteiger partial charge on any atom is 0.279 e. The highest BCUT2D eigenvalue weighted by molar-refractivity contribution is 7.07. The number of amides is 1. The van der Waals surface area contributed by atoms with E-state index < -0.39 is 0 Å². The zero-order valence-electron chi connectivity index (χ0n) is 20.3. The molecule has 2 heterocycles. The molecule has 1 aliphatic rings. The molecule has 1 amide bonds. The van der Waals surface area contributed by atoms with Crippen molar-refractivity contribution in [1.29, 1.82) is 0 Å². The van der Waals surface area contributed by atoms with Gasteiger partial charge in [0.2, 0.25) is 4.80 Å². The summed E-state index contributed by atoms with van der Waals surface area (Å²) in [6.45, 7) is 0.596. The van der Waals surface area contributed by atoms with Gasteiger partial charge in [0.05, 0.1) is 25.6 Å². The third-order valence-electron chi connectivity index (χ3n) is 6.09. The summed E-state index contributed by atoms with van der Waals surface area (Å²) in [6.07, 6.45) is 0.807. The second-order valence-corrected chi connectivity index (χ2v) is 9.07. The Labute approximate surface area is 213 Å². The SMILES string of the molecule is COc1ccc(-c2csc(=NCCc3ccccc3)n2N=C2C(=O)N(C)c3ccccc32)c(OC)c1. The Morgan fingerprint density at radius 2 is 1.69 bits per heavy atom. The Hall–Kier alpha value is -4.17. The van der Waals surface area contributed by atoms with Gasteiger partial charge in [0.25, 0.3) is 5.91 Å². The number of carbonyl (C=O) groups excluding carboxylic acids is 1. The average molecular weight is 499 g/mol. The Morgan fingerprint density at radius 3 is 2.47 bits per heavy atom. The predicted molar refractivity (Wildman–Crippen MR) is 143 cm³/mol. The molecule has 0 aliphatic carbocycles. The van der Waals surface area contributed by atoms with Crippen LogP contribution in [0.4, 0.5) is 5.69 Å². The lowest BCUT2D eigenvalue weighted by Crippen LogP contribution is -2.27. The van der Waals surface area contributed by atoms with Gasteiger partial charge in [-0.1, -0.05) is 48.5 Å². The van der Waals surface area contributed by atoms with Crippen LogP contribution < -0.4 is 19.2 Å². The third-order valence-corrected chi connectivity index (χ3v) is 6.94. The second kappa shape index (κ2) is 10.2. The summed E-state index contributed by atoms with van der Waals surface area (Å²) < 4.78 is 12.8. The van der Waals surface area contributed by atoms with Crippen molar-refractivity contribution in [3.63, 3.8) is 0 Å². The molecule has 0 N–H and O–H groups in total. The van der Waals surface area contributed by atoms with Crippen LogP contribution in [0, 0.1) is 0 Å². The molecule has 5 rings (SSSR count). The van der Waals surface area contributed by atoms with E-state index in [-0.39, 0.29) is 5.91 Å². The second-order valence-electron chi connectivity index (χ2n) is 8.23. The summed E-state index contributed by atoms with van der Waals surface area (Å²) in [7, 11) is 5.01. The molecule has 3 aromatic carbocycles. The molecule has 0 unspecified atom stereocenters. The maximum atomic E-state index is 13.2. The van der Waals surface area contributed by atoms with Crippen molar-refractivity contribution in [3.8, 4) is 22.8 Å². The first-order valence-electron chi connectivity index (χ1n) is 11.5. The molecule has 182 valence electrons.